The van der Waals surface area contributed by atoms with Crippen molar-refractivity contribution in [3.8, 4) is 0 Å². The van der Waals surface area contributed by atoms with E-state index in [-0.39, 0.29) is 5.41 Å². The second-order valence-corrected chi connectivity index (χ2v) is 5.87. The molecular formula is C19H26O2. The van der Waals surface area contributed by atoms with Crippen LogP contribution >= 0.6 is 0 Å². The van der Waals surface area contributed by atoms with E-state index in [1.807, 2.05) is 24.3 Å². The van der Waals surface area contributed by atoms with Crippen LogP contribution in [0.2, 0.25) is 0 Å². The second-order valence-electron chi connectivity index (χ2n) is 5.87. The van der Waals surface area contributed by atoms with Crippen molar-refractivity contribution in [1.29, 1.82) is 0 Å². The third kappa shape index (κ3) is 4.04. The molecule has 1 aromatic rings. The maximum atomic E-state index is 12.9. The van der Waals surface area contributed by atoms with E-state index in [1.165, 1.54) is 5.56 Å². The van der Waals surface area contributed by atoms with Crippen molar-refractivity contribution in [2.45, 2.75) is 50.4 Å². The molecule has 1 aromatic carbocycles. The predicted molar refractivity (Wildman–Crippen MR) is 86.5 cm³/mol. The van der Waals surface area contributed by atoms with Gasteiger partial charge in [-0.1, -0.05) is 42.8 Å². The lowest BCUT2D eigenvalue weighted by atomic mass is 9.70. The minimum Gasteiger partial charge on any atom is -0.381 e. The highest BCUT2D eigenvalue weighted by Gasteiger charge is 2.40. The fourth-order valence-electron chi connectivity index (χ4n) is 3.20. The molecule has 0 saturated carbocycles. The van der Waals surface area contributed by atoms with E-state index < -0.39 is 0 Å². The Balaban J connectivity index is 2.02. The maximum absolute atomic E-state index is 12.9. The van der Waals surface area contributed by atoms with Crippen molar-refractivity contribution in [3.05, 3.63) is 48.6 Å². The first-order valence-corrected chi connectivity index (χ1v) is 8.07. The summed E-state index contributed by atoms with van der Waals surface area (Å²) >= 11 is 0. The summed E-state index contributed by atoms with van der Waals surface area (Å²) < 4.78 is 5.49. The van der Waals surface area contributed by atoms with Crippen LogP contribution < -0.4 is 0 Å². The molecule has 0 N–H and O–H groups in total. The van der Waals surface area contributed by atoms with Gasteiger partial charge in [0.2, 0.25) is 0 Å². The summed E-state index contributed by atoms with van der Waals surface area (Å²) in [4.78, 5) is 12.9. The lowest BCUT2D eigenvalue weighted by molar-refractivity contribution is -0.128. The first kappa shape index (κ1) is 16.0. The Labute approximate surface area is 128 Å². The van der Waals surface area contributed by atoms with Crippen molar-refractivity contribution in [3.63, 3.8) is 0 Å². The van der Waals surface area contributed by atoms with Crippen molar-refractivity contribution in [2.24, 2.45) is 0 Å². The molecule has 1 heterocycles. The zero-order chi connectivity index (χ0) is 15.0. The fraction of sp³-hybridized carbons (Fsp3) is 0.526. The van der Waals surface area contributed by atoms with Gasteiger partial charge in [-0.05, 0) is 37.7 Å². The number of carbonyl (C=O) groups is 1. The number of carbonyl (C=O) groups excluding carboxylic acids is 1. The third-order valence-electron chi connectivity index (χ3n) is 4.52. The molecule has 2 heteroatoms. The molecule has 21 heavy (non-hydrogen) atoms. The molecule has 0 atom stereocenters. The second kappa shape index (κ2) is 8.14. The van der Waals surface area contributed by atoms with Gasteiger partial charge in [0, 0.05) is 19.6 Å². The van der Waals surface area contributed by atoms with Crippen LogP contribution in [0, 0.1) is 0 Å². The highest BCUT2D eigenvalue weighted by atomic mass is 16.5. The molecule has 2 rings (SSSR count). The third-order valence-corrected chi connectivity index (χ3v) is 4.52. The van der Waals surface area contributed by atoms with Crippen molar-refractivity contribution >= 4 is 5.78 Å². The van der Waals surface area contributed by atoms with Crippen LogP contribution in [0.3, 0.4) is 0 Å². The number of allylic oxidation sites excluding steroid dienone is 1. The smallest absolute Gasteiger partial charge is 0.143 e. The Bertz CT molecular complexity index is 444. The first-order chi connectivity index (χ1) is 10.3. The van der Waals surface area contributed by atoms with Gasteiger partial charge in [-0.2, -0.15) is 0 Å². The summed E-state index contributed by atoms with van der Waals surface area (Å²) in [7, 11) is 0. The van der Waals surface area contributed by atoms with Crippen LogP contribution in [-0.4, -0.2) is 19.0 Å². The van der Waals surface area contributed by atoms with Gasteiger partial charge in [0.15, 0.2) is 0 Å². The summed E-state index contributed by atoms with van der Waals surface area (Å²) in [5.41, 5.74) is 0.863. The topological polar surface area (TPSA) is 26.3 Å². The van der Waals surface area contributed by atoms with Crippen LogP contribution in [0.15, 0.2) is 43.0 Å². The van der Waals surface area contributed by atoms with Gasteiger partial charge in [0.1, 0.15) is 5.78 Å². The molecule has 0 aliphatic carbocycles. The van der Waals surface area contributed by atoms with Gasteiger partial charge in [0.25, 0.3) is 0 Å². The Morgan fingerprint density at radius 1 is 1.14 bits per heavy atom. The van der Waals surface area contributed by atoms with Crippen LogP contribution in [0.1, 0.15) is 50.5 Å². The molecule has 0 amide bonds. The number of benzene rings is 1. The molecule has 0 unspecified atom stereocenters. The fourth-order valence-corrected chi connectivity index (χ4v) is 3.20. The molecule has 2 nitrogen and oxygen atoms in total. The van der Waals surface area contributed by atoms with Gasteiger partial charge in [-0.25, -0.2) is 0 Å². The average molecular weight is 286 g/mol. The normalized spacial score (nSPS) is 17.3. The molecule has 1 aliphatic heterocycles. The summed E-state index contributed by atoms with van der Waals surface area (Å²) in [5, 5.41) is 0. The lowest BCUT2D eigenvalue weighted by Crippen LogP contribution is -2.41. The Kier molecular flexibility index (Phi) is 6.19. The van der Waals surface area contributed by atoms with Crippen LogP contribution in [0.5, 0.6) is 0 Å². The monoisotopic (exact) mass is 286 g/mol. The molecule has 1 fully saturated rings. The summed E-state index contributed by atoms with van der Waals surface area (Å²) in [6.45, 7) is 5.12. The zero-order valence-corrected chi connectivity index (χ0v) is 12.9. The molecule has 0 spiro atoms. The van der Waals surface area contributed by atoms with E-state index >= 15 is 0 Å². The molecule has 1 saturated heterocycles. The minimum atomic E-state index is -0.308. The quantitative estimate of drug-likeness (QED) is 0.521. The highest BCUT2D eigenvalue weighted by Crippen LogP contribution is 2.37. The number of unbranched alkanes of at least 4 members (excludes halogenated alkanes) is 3. The van der Waals surface area contributed by atoms with E-state index in [4.69, 9.17) is 4.74 Å². The molecule has 0 bridgehead atoms. The molecule has 114 valence electrons. The van der Waals surface area contributed by atoms with E-state index in [9.17, 15) is 4.79 Å². The first-order valence-electron chi connectivity index (χ1n) is 8.07. The largest absolute Gasteiger partial charge is 0.381 e. The van der Waals surface area contributed by atoms with E-state index in [0.717, 1.165) is 38.5 Å². The average Bonchev–Trinajstić information content (AvgIpc) is 2.56. The lowest BCUT2D eigenvalue weighted by Gasteiger charge is -2.36. The van der Waals surface area contributed by atoms with Gasteiger partial charge < -0.3 is 4.74 Å². The highest BCUT2D eigenvalue weighted by molar-refractivity contribution is 5.90. The molecule has 0 radical (unpaired) electrons. The van der Waals surface area contributed by atoms with Gasteiger partial charge in [0.05, 0.1) is 5.41 Å². The minimum absolute atomic E-state index is 0.308. The SMILES string of the molecule is C=CCCCCCC(=O)C1(c2ccccc2)CCOCC1. The number of hydrogen-bond donors (Lipinski definition) is 0. The Hall–Kier alpha value is -1.41. The van der Waals surface area contributed by atoms with Gasteiger partial charge in [-0.15, -0.1) is 6.58 Å². The van der Waals surface area contributed by atoms with E-state index in [0.29, 0.717) is 25.4 Å². The summed E-state index contributed by atoms with van der Waals surface area (Å²) in [6, 6.07) is 10.3. The Morgan fingerprint density at radius 3 is 2.52 bits per heavy atom. The summed E-state index contributed by atoms with van der Waals surface area (Å²) in [6.07, 6.45) is 8.56. The van der Waals surface area contributed by atoms with Crippen molar-refractivity contribution in [1.82, 2.24) is 0 Å². The van der Waals surface area contributed by atoms with Gasteiger partial charge in [-0.3, -0.25) is 4.79 Å². The van der Waals surface area contributed by atoms with Crippen molar-refractivity contribution < 1.29 is 9.53 Å². The number of hydrogen-bond acceptors (Lipinski definition) is 2. The van der Waals surface area contributed by atoms with Crippen molar-refractivity contribution in [2.75, 3.05) is 13.2 Å². The molecule has 1 aliphatic rings. The van der Waals surface area contributed by atoms with E-state index in [1.54, 1.807) is 0 Å². The van der Waals surface area contributed by atoms with Crippen LogP contribution in [0.25, 0.3) is 0 Å². The van der Waals surface area contributed by atoms with Crippen LogP contribution in [0.4, 0.5) is 0 Å². The Morgan fingerprint density at radius 2 is 1.86 bits per heavy atom. The van der Waals surface area contributed by atoms with Crippen LogP contribution in [-0.2, 0) is 14.9 Å². The zero-order valence-electron chi connectivity index (χ0n) is 12.9. The number of Topliss-reactive ketones (excluding diaryl/α,β-unsaturated/α-hetero) is 1. The summed E-state index contributed by atoms with van der Waals surface area (Å²) in [5.74, 6) is 0.399. The van der Waals surface area contributed by atoms with E-state index in [2.05, 4.69) is 18.7 Å². The number of rotatable bonds is 8. The van der Waals surface area contributed by atoms with Gasteiger partial charge >= 0.3 is 0 Å². The maximum Gasteiger partial charge on any atom is 0.143 e. The number of ether oxygens (including phenoxy) is 1. The number of ketones is 1. The molecule has 0 aromatic heterocycles. The standard InChI is InChI=1S/C19H26O2/c1-2-3-4-5-9-12-18(20)19(13-15-21-16-14-19)17-10-7-6-8-11-17/h2,6-8,10-11H,1,3-5,9,12-16H2. The molecular weight excluding hydrogens is 260 g/mol. The predicted octanol–water partition coefficient (Wildman–Crippen LogP) is 4.44.